The number of likely N-dealkylation sites (tertiary alicyclic amines) is 1. The highest BCUT2D eigenvalue weighted by molar-refractivity contribution is 5.79. The molecule has 0 aromatic heterocycles. The Morgan fingerprint density at radius 2 is 1.76 bits per heavy atom. The molecule has 29 heavy (non-hydrogen) atoms. The lowest BCUT2D eigenvalue weighted by atomic mass is 9.92. The van der Waals surface area contributed by atoms with E-state index in [4.69, 9.17) is 4.74 Å². The minimum atomic E-state index is -4.55. The number of nitrogens with one attached hydrogen (secondary N) is 1. The molecule has 1 aromatic carbocycles. The largest absolute Gasteiger partial charge is 0.497 e. The average molecular weight is 416 g/mol. The highest BCUT2D eigenvalue weighted by Gasteiger charge is 2.33. The average Bonchev–Trinajstić information content (AvgIpc) is 2.69. The summed E-state index contributed by atoms with van der Waals surface area (Å²) in [5.74, 6) is 0.459. The summed E-state index contributed by atoms with van der Waals surface area (Å²) < 4.78 is 45.9. The number of ether oxygens (including phenoxy) is 2. The van der Waals surface area contributed by atoms with Gasteiger partial charge in [-0.1, -0.05) is 26.0 Å². The van der Waals surface area contributed by atoms with Crippen LogP contribution in [0.1, 0.15) is 38.3 Å². The minimum Gasteiger partial charge on any atom is -0.497 e. The fourth-order valence-electron chi connectivity index (χ4n) is 3.28. The van der Waals surface area contributed by atoms with Gasteiger partial charge in [0.15, 0.2) is 6.61 Å². The number of carbonyl (C=O) groups is 2. The number of methoxy groups -OCH3 is 1. The molecule has 1 aliphatic heterocycles. The summed E-state index contributed by atoms with van der Waals surface area (Å²) in [4.78, 5) is 25.6. The van der Waals surface area contributed by atoms with Gasteiger partial charge >= 0.3 is 12.3 Å². The molecule has 2 rings (SSSR count). The molecule has 1 saturated heterocycles. The zero-order valence-corrected chi connectivity index (χ0v) is 16.8. The number of hydrogen-bond acceptors (Lipinski definition) is 4. The van der Waals surface area contributed by atoms with Crippen LogP contribution in [-0.4, -0.2) is 49.9 Å². The van der Waals surface area contributed by atoms with Crippen molar-refractivity contribution < 1.29 is 32.2 Å². The molecule has 162 valence electrons. The molecule has 1 aromatic rings. The molecule has 1 fully saturated rings. The monoisotopic (exact) mass is 416 g/mol. The third-order valence-corrected chi connectivity index (χ3v) is 4.92. The van der Waals surface area contributed by atoms with Crippen LogP contribution in [0.2, 0.25) is 0 Å². The van der Waals surface area contributed by atoms with Gasteiger partial charge in [0.2, 0.25) is 5.91 Å². The highest BCUT2D eigenvalue weighted by Crippen LogP contribution is 2.26. The standard InChI is InChI=1S/C20H27F3N2O4/c1-13(2)17(14-4-6-16(28-3)7-5-14)24-18(26)15-8-10-25(11-9-15)19(27)29-12-20(21,22)23/h4-7,13,15,17H,8-12H2,1-3H3,(H,24,26). The van der Waals surface area contributed by atoms with Gasteiger partial charge in [-0.3, -0.25) is 4.79 Å². The first-order chi connectivity index (χ1) is 13.6. The first kappa shape index (κ1) is 22.8. The van der Waals surface area contributed by atoms with Gasteiger partial charge in [0.1, 0.15) is 5.75 Å². The van der Waals surface area contributed by atoms with Crippen LogP contribution < -0.4 is 10.1 Å². The molecule has 0 saturated carbocycles. The van der Waals surface area contributed by atoms with Gasteiger partial charge in [-0.05, 0) is 36.5 Å². The molecule has 1 heterocycles. The zero-order valence-electron chi connectivity index (χ0n) is 16.8. The number of alkyl halides is 3. The van der Waals surface area contributed by atoms with Crippen molar-refractivity contribution >= 4 is 12.0 Å². The maximum atomic E-state index is 12.7. The number of amides is 2. The van der Waals surface area contributed by atoms with Crippen molar-refractivity contribution in [2.24, 2.45) is 11.8 Å². The Morgan fingerprint density at radius 3 is 2.24 bits per heavy atom. The van der Waals surface area contributed by atoms with Crippen molar-refractivity contribution in [1.29, 1.82) is 0 Å². The van der Waals surface area contributed by atoms with Crippen LogP contribution in [-0.2, 0) is 9.53 Å². The Balaban J connectivity index is 1.89. The fraction of sp³-hybridized carbons (Fsp3) is 0.600. The maximum absolute atomic E-state index is 12.7. The second-order valence-electron chi connectivity index (χ2n) is 7.43. The van der Waals surface area contributed by atoms with Crippen LogP contribution in [0.5, 0.6) is 5.75 Å². The van der Waals surface area contributed by atoms with Gasteiger partial charge < -0.3 is 19.7 Å². The van der Waals surface area contributed by atoms with Crippen molar-refractivity contribution in [3.63, 3.8) is 0 Å². The van der Waals surface area contributed by atoms with Gasteiger partial charge in [0, 0.05) is 19.0 Å². The lowest BCUT2D eigenvalue weighted by Crippen LogP contribution is -2.45. The molecule has 1 N–H and O–H groups in total. The van der Waals surface area contributed by atoms with E-state index in [1.54, 1.807) is 7.11 Å². The van der Waals surface area contributed by atoms with Gasteiger partial charge in [-0.25, -0.2) is 4.79 Å². The van der Waals surface area contributed by atoms with E-state index in [1.807, 2.05) is 38.1 Å². The second-order valence-corrected chi connectivity index (χ2v) is 7.43. The number of rotatable bonds is 6. The SMILES string of the molecule is COc1ccc(C(NC(=O)C2CCN(C(=O)OCC(F)(F)F)CC2)C(C)C)cc1. The summed E-state index contributed by atoms with van der Waals surface area (Å²) >= 11 is 0. The van der Waals surface area contributed by atoms with E-state index in [9.17, 15) is 22.8 Å². The fourth-order valence-corrected chi connectivity index (χ4v) is 3.28. The molecule has 0 spiro atoms. The summed E-state index contributed by atoms with van der Waals surface area (Å²) in [5.41, 5.74) is 0.960. The van der Waals surface area contributed by atoms with Crippen LogP contribution in [0.25, 0.3) is 0 Å². The van der Waals surface area contributed by atoms with Crippen LogP contribution >= 0.6 is 0 Å². The normalized spacial score (nSPS) is 16.4. The highest BCUT2D eigenvalue weighted by atomic mass is 19.4. The van der Waals surface area contributed by atoms with Crippen molar-refractivity contribution in [1.82, 2.24) is 10.2 Å². The number of carbonyl (C=O) groups excluding carboxylic acids is 2. The maximum Gasteiger partial charge on any atom is 0.422 e. The number of hydrogen-bond donors (Lipinski definition) is 1. The van der Waals surface area contributed by atoms with E-state index < -0.39 is 18.9 Å². The Morgan fingerprint density at radius 1 is 1.17 bits per heavy atom. The Kier molecular flexibility index (Phi) is 7.75. The number of halogens is 3. The first-order valence-electron chi connectivity index (χ1n) is 9.53. The van der Waals surface area contributed by atoms with Crippen LogP contribution in [0.3, 0.4) is 0 Å². The predicted molar refractivity (Wildman–Crippen MR) is 100 cm³/mol. The molecule has 2 amide bonds. The van der Waals surface area contributed by atoms with E-state index in [0.717, 1.165) is 11.3 Å². The van der Waals surface area contributed by atoms with E-state index in [0.29, 0.717) is 12.8 Å². The second kappa shape index (κ2) is 9.84. The van der Waals surface area contributed by atoms with E-state index >= 15 is 0 Å². The topological polar surface area (TPSA) is 67.9 Å². The van der Waals surface area contributed by atoms with Gasteiger partial charge in [-0.15, -0.1) is 0 Å². The van der Waals surface area contributed by atoms with Gasteiger partial charge in [0.25, 0.3) is 0 Å². The molecule has 9 heteroatoms. The van der Waals surface area contributed by atoms with E-state index in [1.165, 1.54) is 4.90 Å². The summed E-state index contributed by atoms with van der Waals surface area (Å²) in [5, 5.41) is 3.07. The Bertz CT molecular complexity index is 684. The van der Waals surface area contributed by atoms with E-state index in [-0.39, 0.29) is 36.9 Å². The summed E-state index contributed by atoms with van der Waals surface area (Å²) in [6.45, 7) is 2.78. The molecule has 1 aliphatic rings. The molecule has 0 bridgehead atoms. The lowest BCUT2D eigenvalue weighted by molar-refractivity contribution is -0.162. The Labute approximate surface area is 168 Å². The first-order valence-corrected chi connectivity index (χ1v) is 9.53. The minimum absolute atomic E-state index is 0.122. The summed E-state index contributed by atoms with van der Waals surface area (Å²) in [6, 6.07) is 7.30. The molecule has 1 unspecified atom stereocenters. The molecule has 0 radical (unpaired) electrons. The number of piperidine rings is 1. The predicted octanol–water partition coefficient (Wildman–Crippen LogP) is 3.92. The lowest BCUT2D eigenvalue weighted by Gasteiger charge is -2.32. The zero-order chi connectivity index (χ0) is 21.6. The van der Waals surface area contributed by atoms with Crippen molar-refractivity contribution in [3.8, 4) is 5.75 Å². The smallest absolute Gasteiger partial charge is 0.422 e. The van der Waals surface area contributed by atoms with E-state index in [2.05, 4.69) is 10.1 Å². The third kappa shape index (κ3) is 6.83. The Hall–Kier alpha value is -2.45. The van der Waals surface area contributed by atoms with Crippen LogP contribution in [0.4, 0.5) is 18.0 Å². The van der Waals surface area contributed by atoms with Crippen molar-refractivity contribution in [2.45, 2.75) is 38.9 Å². The number of benzene rings is 1. The molecular formula is C20H27F3N2O4. The van der Waals surface area contributed by atoms with Crippen LogP contribution in [0, 0.1) is 11.8 Å². The molecule has 0 aliphatic carbocycles. The summed E-state index contributed by atoms with van der Waals surface area (Å²) in [6.07, 6.45) is -4.80. The van der Waals surface area contributed by atoms with Gasteiger partial charge in [-0.2, -0.15) is 13.2 Å². The molecular weight excluding hydrogens is 389 g/mol. The van der Waals surface area contributed by atoms with Crippen LogP contribution in [0.15, 0.2) is 24.3 Å². The molecule has 6 nitrogen and oxygen atoms in total. The molecule has 1 atom stereocenters. The quantitative estimate of drug-likeness (QED) is 0.763. The third-order valence-electron chi connectivity index (χ3n) is 4.92. The van der Waals surface area contributed by atoms with Crippen molar-refractivity contribution in [2.75, 3.05) is 26.8 Å². The van der Waals surface area contributed by atoms with Crippen molar-refractivity contribution in [3.05, 3.63) is 29.8 Å². The summed E-state index contributed by atoms with van der Waals surface area (Å²) in [7, 11) is 1.59. The van der Waals surface area contributed by atoms with Gasteiger partial charge in [0.05, 0.1) is 13.2 Å². The number of nitrogens with zero attached hydrogens (tertiary/aromatic N) is 1.